The topological polar surface area (TPSA) is 62.3 Å². The van der Waals surface area contributed by atoms with Gasteiger partial charge in [0, 0.05) is 5.56 Å². The number of esters is 1. The van der Waals surface area contributed by atoms with E-state index in [1.54, 1.807) is 18.0 Å². The van der Waals surface area contributed by atoms with Gasteiger partial charge in [-0.05, 0) is 13.0 Å². The van der Waals surface area contributed by atoms with Crippen molar-refractivity contribution in [1.29, 1.82) is 0 Å². The number of hydrogen-bond donors (Lipinski definition) is 0. The van der Waals surface area contributed by atoms with Gasteiger partial charge in [-0.15, -0.1) is 6.58 Å². The minimum absolute atomic E-state index is 0.0153. The predicted molar refractivity (Wildman–Crippen MR) is 83.3 cm³/mol. The number of para-hydroxylation sites is 1. The SMILES string of the molecule is C=CCON1C(=O)N2CC1c1ccccc1N2CC(=O)OCC. The highest BCUT2D eigenvalue weighted by Gasteiger charge is 2.48. The van der Waals surface area contributed by atoms with Gasteiger partial charge in [0.25, 0.3) is 0 Å². The van der Waals surface area contributed by atoms with Gasteiger partial charge >= 0.3 is 12.0 Å². The van der Waals surface area contributed by atoms with Gasteiger partial charge in [-0.1, -0.05) is 24.3 Å². The van der Waals surface area contributed by atoms with E-state index in [1.165, 1.54) is 10.1 Å². The van der Waals surface area contributed by atoms with E-state index >= 15 is 0 Å². The lowest BCUT2D eigenvalue weighted by Gasteiger charge is -2.36. The lowest BCUT2D eigenvalue weighted by atomic mass is 10.0. The smallest absolute Gasteiger partial charge is 0.363 e. The van der Waals surface area contributed by atoms with Gasteiger partial charge in [-0.25, -0.2) is 9.80 Å². The van der Waals surface area contributed by atoms with Crippen LogP contribution >= 0.6 is 0 Å². The molecule has 122 valence electrons. The van der Waals surface area contributed by atoms with Crippen molar-refractivity contribution in [1.82, 2.24) is 10.1 Å². The van der Waals surface area contributed by atoms with Crippen molar-refractivity contribution >= 4 is 17.7 Å². The number of hydroxylamine groups is 2. The molecule has 1 saturated heterocycles. The fraction of sp³-hybridized carbons (Fsp3) is 0.375. The summed E-state index contributed by atoms with van der Waals surface area (Å²) in [7, 11) is 0. The van der Waals surface area contributed by atoms with Crippen LogP contribution < -0.4 is 5.01 Å². The summed E-state index contributed by atoms with van der Waals surface area (Å²) in [5.41, 5.74) is 1.76. The maximum Gasteiger partial charge on any atom is 0.363 e. The molecule has 1 unspecified atom stereocenters. The first kappa shape index (κ1) is 15.4. The molecule has 1 fully saturated rings. The van der Waals surface area contributed by atoms with Crippen LogP contribution in [0.4, 0.5) is 10.5 Å². The summed E-state index contributed by atoms with van der Waals surface area (Å²) >= 11 is 0. The number of amides is 2. The van der Waals surface area contributed by atoms with Crippen LogP contribution in [0.15, 0.2) is 36.9 Å². The zero-order chi connectivity index (χ0) is 16.4. The maximum atomic E-state index is 12.6. The van der Waals surface area contributed by atoms with Crippen LogP contribution in [0.25, 0.3) is 0 Å². The van der Waals surface area contributed by atoms with Gasteiger partial charge in [0.15, 0.2) is 0 Å². The first-order chi connectivity index (χ1) is 11.2. The Morgan fingerprint density at radius 2 is 2.22 bits per heavy atom. The summed E-state index contributed by atoms with van der Waals surface area (Å²) in [5.74, 6) is -0.376. The molecule has 0 spiro atoms. The second-order valence-electron chi connectivity index (χ2n) is 5.21. The lowest BCUT2D eigenvalue weighted by Crippen LogP contribution is -2.49. The Labute approximate surface area is 134 Å². The molecule has 3 rings (SSSR count). The van der Waals surface area contributed by atoms with E-state index in [1.807, 2.05) is 24.3 Å². The van der Waals surface area contributed by atoms with Crippen molar-refractivity contribution in [3.05, 3.63) is 42.5 Å². The summed E-state index contributed by atoms with van der Waals surface area (Å²) in [6.45, 7) is 6.33. The number of urea groups is 1. The Bertz CT molecular complexity index is 634. The molecule has 7 heteroatoms. The third-order valence-corrected chi connectivity index (χ3v) is 3.82. The summed E-state index contributed by atoms with van der Waals surface area (Å²) in [6, 6.07) is 7.12. The van der Waals surface area contributed by atoms with E-state index in [0.717, 1.165) is 11.3 Å². The molecule has 7 nitrogen and oxygen atoms in total. The monoisotopic (exact) mass is 317 g/mol. The number of hydrazine groups is 1. The van der Waals surface area contributed by atoms with Gasteiger partial charge < -0.3 is 4.74 Å². The lowest BCUT2D eigenvalue weighted by molar-refractivity contribution is -0.141. The van der Waals surface area contributed by atoms with Crippen LogP contribution in [0, 0.1) is 0 Å². The summed E-state index contributed by atoms with van der Waals surface area (Å²) in [5, 5.41) is 4.53. The van der Waals surface area contributed by atoms with Crippen molar-refractivity contribution in [2.75, 3.05) is 31.3 Å². The molecule has 1 aromatic rings. The number of carbonyl (C=O) groups is 2. The van der Waals surface area contributed by atoms with Crippen molar-refractivity contribution in [3.63, 3.8) is 0 Å². The highest BCUT2D eigenvalue weighted by Crippen LogP contribution is 2.42. The molecule has 1 aromatic carbocycles. The Hall–Kier alpha value is -2.54. The summed E-state index contributed by atoms with van der Waals surface area (Å²) in [6.07, 6.45) is 1.59. The molecule has 0 saturated carbocycles. The molecule has 2 bridgehead atoms. The number of nitrogens with zero attached hydrogens (tertiary/aromatic N) is 3. The van der Waals surface area contributed by atoms with Crippen LogP contribution in [-0.2, 0) is 14.4 Å². The van der Waals surface area contributed by atoms with Crippen LogP contribution in [0.1, 0.15) is 18.5 Å². The molecule has 0 aliphatic carbocycles. The van der Waals surface area contributed by atoms with Gasteiger partial charge in [0.1, 0.15) is 12.6 Å². The van der Waals surface area contributed by atoms with Crippen LogP contribution in [-0.4, -0.2) is 48.4 Å². The zero-order valence-corrected chi connectivity index (χ0v) is 13.0. The highest BCUT2D eigenvalue weighted by atomic mass is 16.7. The average molecular weight is 317 g/mol. The van der Waals surface area contributed by atoms with Crippen molar-refractivity contribution in [2.24, 2.45) is 0 Å². The highest BCUT2D eigenvalue weighted by molar-refractivity contribution is 5.85. The molecule has 2 heterocycles. The summed E-state index contributed by atoms with van der Waals surface area (Å²) < 4.78 is 5.02. The third kappa shape index (κ3) is 2.63. The van der Waals surface area contributed by atoms with Crippen LogP contribution in [0.3, 0.4) is 0 Å². The normalized spacial score (nSPS) is 18.9. The average Bonchev–Trinajstić information content (AvgIpc) is 2.84. The Kier molecular flexibility index (Phi) is 4.20. The Morgan fingerprint density at radius 3 is 2.96 bits per heavy atom. The second kappa shape index (κ2) is 6.29. The maximum absolute atomic E-state index is 12.6. The van der Waals surface area contributed by atoms with Crippen molar-refractivity contribution in [2.45, 2.75) is 13.0 Å². The Balaban J connectivity index is 1.93. The van der Waals surface area contributed by atoms with Crippen molar-refractivity contribution in [3.8, 4) is 0 Å². The van der Waals surface area contributed by atoms with E-state index < -0.39 is 0 Å². The van der Waals surface area contributed by atoms with E-state index in [2.05, 4.69) is 6.58 Å². The first-order valence-electron chi connectivity index (χ1n) is 7.54. The number of carbonyl (C=O) groups excluding carboxylic acids is 2. The molecular weight excluding hydrogens is 298 g/mol. The fourth-order valence-electron chi connectivity index (χ4n) is 2.90. The quantitative estimate of drug-likeness (QED) is 0.592. The van der Waals surface area contributed by atoms with E-state index in [4.69, 9.17) is 9.57 Å². The molecule has 0 aromatic heterocycles. The van der Waals surface area contributed by atoms with Crippen LogP contribution in [0.5, 0.6) is 0 Å². The van der Waals surface area contributed by atoms with E-state index in [-0.39, 0.29) is 31.2 Å². The fourth-order valence-corrected chi connectivity index (χ4v) is 2.90. The minimum atomic E-state index is -0.376. The minimum Gasteiger partial charge on any atom is -0.465 e. The van der Waals surface area contributed by atoms with Gasteiger partial charge in [-0.3, -0.25) is 14.6 Å². The number of hydrogen-bond acceptors (Lipinski definition) is 5. The zero-order valence-electron chi connectivity index (χ0n) is 13.0. The number of rotatable bonds is 6. The second-order valence-corrected chi connectivity index (χ2v) is 5.21. The standard InChI is InChI=1S/C16H19N3O4/c1-3-9-23-19-14-10-18(16(19)21)17(11-15(20)22-4-2)13-8-6-5-7-12(13)14/h3,5-8,14H,1,4,9-11H2,2H3. The number of fused-ring (bicyclic) bond motifs is 4. The molecule has 23 heavy (non-hydrogen) atoms. The van der Waals surface area contributed by atoms with E-state index in [9.17, 15) is 9.59 Å². The number of ether oxygens (including phenoxy) is 1. The van der Waals surface area contributed by atoms with Gasteiger partial charge in [0.05, 0.1) is 25.4 Å². The molecule has 2 aliphatic rings. The molecule has 0 N–H and O–H groups in total. The Morgan fingerprint density at radius 1 is 1.43 bits per heavy atom. The molecule has 1 atom stereocenters. The number of benzene rings is 1. The van der Waals surface area contributed by atoms with Crippen molar-refractivity contribution < 1.29 is 19.2 Å². The molecular formula is C16H19N3O4. The van der Waals surface area contributed by atoms with E-state index in [0.29, 0.717) is 13.2 Å². The molecule has 2 aliphatic heterocycles. The third-order valence-electron chi connectivity index (χ3n) is 3.82. The van der Waals surface area contributed by atoms with Gasteiger partial charge in [0.2, 0.25) is 0 Å². The molecule has 0 radical (unpaired) electrons. The van der Waals surface area contributed by atoms with Gasteiger partial charge in [-0.2, -0.15) is 5.06 Å². The largest absolute Gasteiger partial charge is 0.465 e. The van der Waals surface area contributed by atoms with Crippen LogP contribution in [0.2, 0.25) is 0 Å². The predicted octanol–water partition coefficient (Wildman–Crippen LogP) is 1.88. The summed E-state index contributed by atoms with van der Waals surface area (Å²) in [4.78, 5) is 30.0. The molecule has 2 amide bonds. The first-order valence-corrected chi connectivity index (χ1v) is 7.54. The number of anilines is 1.